The van der Waals surface area contributed by atoms with Gasteiger partial charge >= 0.3 is 5.97 Å². The second-order valence-corrected chi connectivity index (χ2v) is 10.4. The molecule has 10 heteroatoms. The molecule has 1 aliphatic heterocycles. The molecule has 0 N–H and O–H groups in total. The molecule has 204 valence electrons. The van der Waals surface area contributed by atoms with Gasteiger partial charge in [-0.2, -0.15) is 0 Å². The average molecular weight is 566 g/mol. The summed E-state index contributed by atoms with van der Waals surface area (Å²) in [4.78, 5) is 43.0. The Bertz CT molecular complexity index is 2060. The maximum atomic E-state index is 14.0. The number of carbonyl (C=O) groups excluding carboxylic acids is 1. The number of rotatable bonds is 6. The minimum absolute atomic E-state index is 0.0463. The largest absolute Gasteiger partial charge is 0.463 e. The Morgan fingerprint density at radius 2 is 1.90 bits per heavy atom. The fourth-order valence-electron chi connectivity index (χ4n) is 5.06. The van der Waals surface area contributed by atoms with Crippen LogP contribution in [0.5, 0.6) is 0 Å². The lowest BCUT2D eigenvalue weighted by Gasteiger charge is -2.25. The van der Waals surface area contributed by atoms with Crippen LogP contribution in [-0.4, -0.2) is 22.1 Å². The average Bonchev–Trinajstić information content (AvgIpc) is 3.56. The molecule has 2 aromatic heterocycles. The number of esters is 1. The van der Waals surface area contributed by atoms with E-state index in [4.69, 9.17) is 9.15 Å². The van der Waals surface area contributed by atoms with Crippen LogP contribution < -0.4 is 14.9 Å². The number of thiazole rings is 1. The second kappa shape index (κ2) is 10.5. The van der Waals surface area contributed by atoms with E-state index in [1.807, 2.05) is 42.5 Å². The van der Waals surface area contributed by atoms with Gasteiger partial charge in [0.15, 0.2) is 4.80 Å². The van der Waals surface area contributed by atoms with Crippen molar-refractivity contribution in [1.29, 1.82) is 0 Å². The highest BCUT2D eigenvalue weighted by Crippen LogP contribution is 2.35. The molecule has 0 unspecified atom stereocenters. The van der Waals surface area contributed by atoms with Gasteiger partial charge in [-0.05, 0) is 42.3 Å². The van der Waals surface area contributed by atoms with Crippen LogP contribution in [0.1, 0.15) is 31.2 Å². The number of furan rings is 1. The van der Waals surface area contributed by atoms with E-state index < -0.39 is 16.9 Å². The van der Waals surface area contributed by atoms with E-state index in [0.717, 1.165) is 16.3 Å². The highest BCUT2D eigenvalue weighted by Gasteiger charge is 2.34. The number of nitro groups is 1. The number of nitro benzene ring substituents is 1. The number of carbonyl (C=O) groups is 1. The van der Waals surface area contributed by atoms with Gasteiger partial charge in [0.2, 0.25) is 0 Å². The van der Waals surface area contributed by atoms with Crippen molar-refractivity contribution in [3.63, 3.8) is 0 Å². The third-order valence-corrected chi connectivity index (χ3v) is 7.86. The van der Waals surface area contributed by atoms with Crippen LogP contribution in [0, 0.1) is 10.1 Å². The van der Waals surface area contributed by atoms with Gasteiger partial charge in [0.25, 0.3) is 11.2 Å². The number of hydrogen-bond donors (Lipinski definition) is 0. The molecule has 3 aromatic carbocycles. The van der Waals surface area contributed by atoms with Crippen molar-refractivity contribution in [2.75, 3.05) is 6.61 Å². The van der Waals surface area contributed by atoms with Crippen molar-refractivity contribution < 1.29 is 18.9 Å². The van der Waals surface area contributed by atoms with E-state index >= 15 is 0 Å². The lowest BCUT2D eigenvalue weighted by molar-refractivity contribution is -0.384. The van der Waals surface area contributed by atoms with E-state index in [1.165, 1.54) is 23.5 Å². The van der Waals surface area contributed by atoms with Crippen molar-refractivity contribution >= 4 is 39.8 Å². The topological polar surface area (TPSA) is 117 Å². The molecule has 0 aliphatic carbocycles. The molecule has 0 saturated carbocycles. The first-order valence-corrected chi connectivity index (χ1v) is 13.7. The monoisotopic (exact) mass is 565 g/mol. The number of non-ortho nitro benzene ring substituents is 1. The molecule has 0 saturated heterocycles. The van der Waals surface area contributed by atoms with Gasteiger partial charge in [-0.1, -0.05) is 65.9 Å². The van der Waals surface area contributed by atoms with Crippen molar-refractivity contribution in [2.24, 2.45) is 4.99 Å². The Balaban J connectivity index is 1.51. The molecule has 1 aliphatic rings. The summed E-state index contributed by atoms with van der Waals surface area (Å²) in [6, 6.07) is 22.4. The molecule has 0 radical (unpaired) electrons. The van der Waals surface area contributed by atoms with Crippen LogP contribution in [0.25, 0.3) is 28.2 Å². The van der Waals surface area contributed by atoms with Gasteiger partial charge < -0.3 is 9.15 Å². The minimum atomic E-state index is -0.740. The van der Waals surface area contributed by atoms with Gasteiger partial charge in [0.05, 0.1) is 33.4 Å². The number of aromatic nitrogens is 1. The quantitative estimate of drug-likeness (QED) is 0.160. The summed E-state index contributed by atoms with van der Waals surface area (Å²) in [5, 5.41) is 13.1. The zero-order chi connectivity index (χ0) is 28.7. The minimum Gasteiger partial charge on any atom is -0.463 e. The highest BCUT2D eigenvalue weighted by atomic mass is 32.1. The fraction of sp³-hybridized carbons (Fsp3) is 0.129. The summed E-state index contributed by atoms with van der Waals surface area (Å²) in [5.74, 6) is 0.315. The van der Waals surface area contributed by atoms with Gasteiger partial charge in [0, 0.05) is 23.8 Å². The van der Waals surface area contributed by atoms with Crippen molar-refractivity contribution in [3.05, 3.63) is 131 Å². The Morgan fingerprint density at radius 3 is 2.71 bits per heavy atom. The SMILES string of the molecule is CCOC(=O)C1=C(C)N=c2s/c(=C/c3ccc(-c4cccc([N+](=O)[O-])c4)o3)c(=O)n2[C@H]1c1cccc2ccccc12. The van der Waals surface area contributed by atoms with Crippen LogP contribution >= 0.6 is 11.3 Å². The molecule has 0 fully saturated rings. The van der Waals surface area contributed by atoms with Crippen molar-refractivity contribution in [2.45, 2.75) is 19.9 Å². The van der Waals surface area contributed by atoms with Crippen molar-refractivity contribution in [1.82, 2.24) is 4.57 Å². The Hall–Kier alpha value is -5.09. The Labute approximate surface area is 237 Å². The molecule has 5 aromatic rings. The van der Waals surface area contributed by atoms with Gasteiger partial charge in [-0.3, -0.25) is 19.5 Å². The standard InChI is InChI=1S/C31H23N3O6S/c1-3-39-30(36)27-18(2)32-31-33(28(27)24-13-7-9-19-8-4-5-12-23(19)24)29(35)26(41-31)17-22-14-15-25(40-22)20-10-6-11-21(16-20)34(37)38/h4-17,28H,3H2,1-2H3/b26-17+/t28-/m0/s1. The molecule has 0 bridgehead atoms. The summed E-state index contributed by atoms with van der Waals surface area (Å²) in [6.45, 7) is 3.67. The summed E-state index contributed by atoms with van der Waals surface area (Å²) >= 11 is 1.20. The molecule has 1 atom stereocenters. The molecule has 0 spiro atoms. The van der Waals surface area contributed by atoms with E-state index in [9.17, 15) is 19.7 Å². The number of benzene rings is 3. The maximum Gasteiger partial charge on any atom is 0.338 e. The summed E-state index contributed by atoms with van der Waals surface area (Å²) in [7, 11) is 0. The Kier molecular flexibility index (Phi) is 6.68. The fourth-order valence-corrected chi connectivity index (χ4v) is 6.09. The molecule has 6 rings (SSSR count). The molecular weight excluding hydrogens is 542 g/mol. The Morgan fingerprint density at radius 1 is 1.12 bits per heavy atom. The molecule has 0 amide bonds. The van der Waals surface area contributed by atoms with E-state index in [-0.39, 0.29) is 17.9 Å². The first-order valence-electron chi connectivity index (χ1n) is 12.9. The smallest absolute Gasteiger partial charge is 0.338 e. The number of hydrogen-bond acceptors (Lipinski definition) is 8. The van der Waals surface area contributed by atoms with Crippen LogP contribution in [-0.2, 0) is 9.53 Å². The lowest BCUT2D eigenvalue weighted by Crippen LogP contribution is -2.40. The summed E-state index contributed by atoms with van der Waals surface area (Å²) in [5.41, 5.74) is 1.77. The predicted molar refractivity (Wildman–Crippen MR) is 155 cm³/mol. The zero-order valence-electron chi connectivity index (χ0n) is 22.1. The number of fused-ring (bicyclic) bond motifs is 2. The third-order valence-electron chi connectivity index (χ3n) is 6.88. The van der Waals surface area contributed by atoms with Gasteiger partial charge in [-0.25, -0.2) is 9.79 Å². The normalized spacial score (nSPS) is 15.1. The second-order valence-electron chi connectivity index (χ2n) is 9.38. The van der Waals surface area contributed by atoms with Gasteiger partial charge in [-0.15, -0.1) is 0 Å². The third kappa shape index (κ3) is 4.68. The first kappa shape index (κ1) is 26.1. The summed E-state index contributed by atoms with van der Waals surface area (Å²) in [6.07, 6.45) is 1.62. The molecular formula is C31H23N3O6S. The number of ether oxygens (including phenoxy) is 1. The number of allylic oxidation sites excluding steroid dienone is 1. The van der Waals surface area contributed by atoms with Crippen LogP contribution in [0.2, 0.25) is 0 Å². The van der Waals surface area contributed by atoms with E-state index in [0.29, 0.717) is 37.7 Å². The van der Waals surface area contributed by atoms with E-state index in [1.54, 1.807) is 48.8 Å². The predicted octanol–water partition coefficient (Wildman–Crippen LogP) is 5.12. The van der Waals surface area contributed by atoms with Crippen LogP contribution in [0.4, 0.5) is 5.69 Å². The number of nitrogens with zero attached hydrogens (tertiary/aromatic N) is 3. The first-order chi connectivity index (χ1) is 19.9. The molecule has 41 heavy (non-hydrogen) atoms. The molecule has 9 nitrogen and oxygen atoms in total. The summed E-state index contributed by atoms with van der Waals surface area (Å²) < 4.78 is 13.3. The van der Waals surface area contributed by atoms with Crippen LogP contribution in [0.15, 0.2) is 104 Å². The van der Waals surface area contributed by atoms with Crippen molar-refractivity contribution in [3.8, 4) is 11.3 Å². The molecule has 3 heterocycles. The highest BCUT2D eigenvalue weighted by molar-refractivity contribution is 7.07. The lowest BCUT2D eigenvalue weighted by atomic mass is 9.91. The van der Waals surface area contributed by atoms with E-state index in [2.05, 4.69) is 4.99 Å². The van der Waals surface area contributed by atoms with Gasteiger partial charge in [0.1, 0.15) is 11.5 Å². The zero-order valence-corrected chi connectivity index (χ0v) is 22.9. The van der Waals surface area contributed by atoms with Crippen LogP contribution in [0.3, 0.4) is 0 Å². The maximum absolute atomic E-state index is 14.0.